The Morgan fingerprint density at radius 1 is 1.35 bits per heavy atom. The van der Waals surface area contributed by atoms with Crippen LogP contribution in [-0.4, -0.2) is 20.2 Å². The minimum Gasteiger partial charge on any atom is -0.399 e. The Bertz CT molecular complexity index is 515. The van der Waals surface area contributed by atoms with E-state index in [0.717, 1.165) is 29.5 Å². The summed E-state index contributed by atoms with van der Waals surface area (Å²) in [7, 11) is 0. The number of nitrogen functional groups attached to an aromatic ring is 1. The summed E-state index contributed by atoms with van der Waals surface area (Å²) < 4.78 is 1.87. The average Bonchev–Trinajstić information content (AvgIpc) is 3.04. The molecule has 0 radical (unpaired) electrons. The number of aromatic nitrogens is 4. The molecule has 1 heterocycles. The van der Waals surface area contributed by atoms with E-state index in [2.05, 4.69) is 15.5 Å². The summed E-state index contributed by atoms with van der Waals surface area (Å²) in [5.74, 6) is 1.69. The van der Waals surface area contributed by atoms with Gasteiger partial charge in [-0.3, -0.25) is 0 Å². The Hall–Kier alpha value is -1.91. The van der Waals surface area contributed by atoms with Crippen molar-refractivity contribution >= 4 is 5.69 Å². The first-order valence-corrected chi connectivity index (χ1v) is 5.95. The van der Waals surface area contributed by atoms with Crippen LogP contribution in [0.15, 0.2) is 24.3 Å². The number of rotatable bonds is 4. The van der Waals surface area contributed by atoms with Crippen LogP contribution < -0.4 is 5.73 Å². The first kappa shape index (κ1) is 10.3. The molecular formula is C12H15N5. The summed E-state index contributed by atoms with van der Waals surface area (Å²) in [5.41, 5.74) is 7.48. The zero-order valence-electron chi connectivity index (χ0n) is 9.58. The lowest BCUT2D eigenvalue weighted by molar-refractivity contribution is 0.535. The molecule has 0 spiro atoms. The molecule has 5 nitrogen and oxygen atoms in total. The number of aryl methyl sites for hydroxylation is 1. The molecule has 0 saturated heterocycles. The molecule has 0 bridgehead atoms. The first-order valence-electron chi connectivity index (χ1n) is 5.95. The Labute approximate surface area is 99.6 Å². The molecule has 1 aromatic heterocycles. The van der Waals surface area contributed by atoms with Crippen LogP contribution in [0.25, 0.3) is 11.4 Å². The Morgan fingerprint density at radius 2 is 2.24 bits per heavy atom. The minimum absolute atomic E-state index is 0.735. The zero-order chi connectivity index (χ0) is 11.7. The number of benzene rings is 1. The largest absolute Gasteiger partial charge is 0.399 e. The SMILES string of the molecule is Nc1cccc(-c2nnnn2CCC2CC2)c1. The number of nitrogens with two attached hydrogens (primary N) is 1. The van der Waals surface area contributed by atoms with E-state index < -0.39 is 0 Å². The molecule has 5 heteroatoms. The molecule has 0 unspecified atom stereocenters. The van der Waals surface area contributed by atoms with Gasteiger partial charge in [-0.25, -0.2) is 4.68 Å². The normalized spacial score (nSPS) is 15.1. The highest BCUT2D eigenvalue weighted by atomic mass is 15.5. The number of hydrogen-bond donors (Lipinski definition) is 1. The summed E-state index contributed by atoms with van der Waals surface area (Å²) >= 11 is 0. The van der Waals surface area contributed by atoms with E-state index in [1.807, 2.05) is 28.9 Å². The molecule has 3 rings (SSSR count). The van der Waals surface area contributed by atoms with Crippen LogP contribution in [0.1, 0.15) is 19.3 Å². The molecular weight excluding hydrogens is 214 g/mol. The van der Waals surface area contributed by atoms with Gasteiger partial charge in [-0.2, -0.15) is 0 Å². The van der Waals surface area contributed by atoms with Crippen molar-refractivity contribution in [1.29, 1.82) is 0 Å². The standard InChI is InChI=1S/C12H15N5/c13-11-3-1-2-10(8-11)12-14-15-16-17(12)7-6-9-4-5-9/h1-3,8-9H,4-7,13H2. The predicted molar refractivity (Wildman–Crippen MR) is 65.0 cm³/mol. The molecule has 1 fully saturated rings. The van der Waals surface area contributed by atoms with Gasteiger partial charge in [0.25, 0.3) is 0 Å². The van der Waals surface area contributed by atoms with Crippen LogP contribution in [0.5, 0.6) is 0 Å². The fourth-order valence-electron chi connectivity index (χ4n) is 1.95. The van der Waals surface area contributed by atoms with Gasteiger partial charge < -0.3 is 5.73 Å². The van der Waals surface area contributed by atoms with E-state index in [0.29, 0.717) is 0 Å². The van der Waals surface area contributed by atoms with Gasteiger partial charge in [0.05, 0.1) is 0 Å². The zero-order valence-corrected chi connectivity index (χ0v) is 9.58. The van der Waals surface area contributed by atoms with Gasteiger partial charge in [-0.05, 0) is 34.9 Å². The molecule has 0 amide bonds. The topological polar surface area (TPSA) is 69.6 Å². The predicted octanol–water partition coefficient (Wildman–Crippen LogP) is 1.72. The Kier molecular flexibility index (Phi) is 2.51. The molecule has 1 aliphatic carbocycles. The minimum atomic E-state index is 0.735. The summed E-state index contributed by atoms with van der Waals surface area (Å²) in [6, 6.07) is 7.67. The summed E-state index contributed by atoms with van der Waals surface area (Å²) in [4.78, 5) is 0. The van der Waals surface area contributed by atoms with Gasteiger partial charge in [0.15, 0.2) is 5.82 Å². The van der Waals surface area contributed by atoms with Crippen LogP contribution in [0.2, 0.25) is 0 Å². The smallest absolute Gasteiger partial charge is 0.182 e. The second-order valence-electron chi connectivity index (χ2n) is 4.58. The lowest BCUT2D eigenvalue weighted by Gasteiger charge is -2.04. The van der Waals surface area contributed by atoms with E-state index in [4.69, 9.17) is 5.73 Å². The summed E-state index contributed by atoms with van der Waals surface area (Å²) in [5, 5.41) is 11.9. The fourth-order valence-corrected chi connectivity index (χ4v) is 1.95. The lowest BCUT2D eigenvalue weighted by Crippen LogP contribution is -2.04. The lowest BCUT2D eigenvalue weighted by atomic mass is 10.2. The highest BCUT2D eigenvalue weighted by Crippen LogP contribution is 2.33. The van der Waals surface area contributed by atoms with E-state index in [9.17, 15) is 0 Å². The molecule has 0 atom stereocenters. The average molecular weight is 229 g/mol. The van der Waals surface area contributed by atoms with Gasteiger partial charge in [0.1, 0.15) is 0 Å². The third-order valence-corrected chi connectivity index (χ3v) is 3.12. The van der Waals surface area contributed by atoms with Gasteiger partial charge in [0.2, 0.25) is 0 Å². The third-order valence-electron chi connectivity index (χ3n) is 3.12. The number of hydrogen-bond acceptors (Lipinski definition) is 4. The fraction of sp³-hybridized carbons (Fsp3) is 0.417. The molecule has 2 aromatic rings. The van der Waals surface area contributed by atoms with Crippen LogP contribution in [0, 0.1) is 5.92 Å². The second kappa shape index (κ2) is 4.16. The van der Waals surface area contributed by atoms with Gasteiger partial charge in [-0.1, -0.05) is 25.0 Å². The maximum absolute atomic E-state index is 5.77. The Balaban J connectivity index is 1.83. The quantitative estimate of drug-likeness (QED) is 0.810. The van der Waals surface area contributed by atoms with Crippen molar-refractivity contribution in [2.24, 2.45) is 5.92 Å². The molecule has 2 N–H and O–H groups in total. The number of anilines is 1. The van der Waals surface area contributed by atoms with Crippen LogP contribution in [0.4, 0.5) is 5.69 Å². The van der Waals surface area contributed by atoms with E-state index in [1.54, 1.807) is 0 Å². The maximum atomic E-state index is 5.77. The van der Waals surface area contributed by atoms with Gasteiger partial charge in [0, 0.05) is 17.8 Å². The molecule has 1 aromatic carbocycles. The third kappa shape index (κ3) is 2.27. The Morgan fingerprint density at radius 3 is 3.00 bits per heavy atom. The van der Waals surface area contributed by atoms with E-state index in [1.165, 1.54) is 19.3 Å². The van der Waals surface area contributed by atoms with Crippen LogP contribution in [0.3, 0.4) is 0 Å². The highest BCUT2D eigenvalue weighted by molar-refractivity contribution is 5.60. The van der Waals surface area contributed by atoms with Crippen LogP contribution in [-0.2, 0) is 6.54 Å². The molecule has 1 aliphatic rings. The molecule has 88 valence electrons. The van der Waals surface area contributed by atoms with Crippen molar-refractivity contribution in [3.05, 3.63) is 24.3 Å². The van der Waals surface area contributed by atoms with Crippen molar-refractivity contribution in [2.45, 2.75) is 25.8 Å². The van der Waals surface area contributed by atoms with Crippen molar-refractivity contribution in [2.75, 3.05) is 5.73 Å². The van der Waals surface area contributed by atoms with Gasteiger partial charge >= 0.3 is 0 Å². The van der Waals surface area contributed by atoms with Crippen LogP contribution >= 0.6 is 0 Å². The van der Waals surface area contributed by atoms with Crippen molar-refractivity contribution in [3.8, 4) is 11.4 Å². The monoisotopic (exact) mass is 229 g/mol. The second-order valence-corrected chi connectivity index (χ2v) is 4.58. The number of tetrazole rings is 1. The first-order chi connectivity index (χ1) is 8.33. The molecule has 0 aliphatic heterocycles. The van der Waals surface area contributed by atoms with Gasteiger partial charge in [-0.15, -0.1) is 5.10 Å². The maximum Gasteiger partial charge on any atom is 0.182 e. The van der Waals surface area contributed by atoms with E-state index >= 15 is 0 Å². The molecule has 1 saturated carbocycles. The summed E-state index contributed by atoms with van der Waals surface area (Å²) in [6.45, 7) is 0.891. The molecule has 17 heavy (non-hydrogen) atoms. The number of nitrogens with zero attached hydrogens (tertiary/aromatic N) is 4. The van der Waals surface area contributed by atoms with Crippen molar-refractivity contribution in [1.82, 2.24) is 20.2 Å². The van der Waals surface area contributed by atoms with Crippen molar-refractivity contribution < 1.29 is 0 Å². The summed E-state index contributed by atoms with van der Waals surface area (Å²) in [6.07, 6.45) is 3.88. The van der Waals surface area contributed by atoms with Crippen molar-refractivity contribution in [3.63, 3.8) is 0 Å². The highest BCUT2D eigenvalue weighted by Gasteiger charge is 2.21. The van der Waals surface area contributed by atoms with E-state index in [-0.39, 0.29) is 0 Å².